The van der Waals surface area contributed by atoms with E-state index in [1.165, 1.54) is 5.56 Å². The van der Waals surface area contributed by atoms with Crippen molar-refractivity contribution in [1.29, 1.82) is 0 Å². The fourth-order valence-corrected chi connectivity index (χ4v) is 3.22. The third-order valence-corrected chi connectivity index (χ3v) is 5.03. The van der Waals surface area contributed by atoms with Gasteiger partial charge in [0.1, 0.15) is 0 Å². The van der Waals surface area contributed by atoms with Crippen LogP contribution in [0.1, 0.15) is 17.5 Å². The summed E-state index contributed by atoms with van der Waals surface area (Å²) < 4.78 is 0. The summed E-state index contributed by atoms with van der Waals surface area (Å²) in [4.78, 5) is 26.5. The third-order valence-electron chi connectivity index (χ3n) is 4.62. The molecule has 2 aromatic rings. The van der Waals surface area contributed by atoms with Crippen LogP contribution in [0.4, 0.5) is 5.69 Å². The number of nitrogens with zero attached hydrogens (tertiary/aromatic N) is 1. The van der Waals surface area contributed by atoms with E-state index in [9.17, 15) is 9.59 Å². The van der Waals surface area contributed by atoms with Crippen molar-refractivity contribution < 1.29 is 9.59 Å². The van der Waals surface area contributed by atoms with Crippen LogP contribution in [-0.4, -0.2) is 29.8 Å². The molecule has 1 heterocycles. The highest BCUT2D eigenvalue weighted by Gasteiger charge is 2.34. The number of nitrogens with one attached hydrogen (secondary N) is 1. The van der Waals surface area contributed by atoms with E-state index in [1.807, 2.05) is 43.3 Å². The van der Waals surface area contributed by atoms with Gasteiger partial charge in [-0.25, -0.2) is 0 Å². The van der Waals surface area contributed by atoms with Gasteiger partial charge in [-0.2, -0.15) is 0 Å². The molecule has 1 saturated heterocycles. The van der Waals surface area contributed by atoms with Crippen molar-refractivity contribution in [3.8, 4) is 0 Å². The van der Waals surface area contributed by atoms with E-state index in [1.54, 1.807) is 17.0 Å². The van der Waals surface area contributed by atoms with Crippen molar-refractivity contribution in [2.24, 2.45) is 5.92 Å². The Morgan fingerprint density at radius 3 is 2.72 bits per heavy atom. The molecule has 0 radical (unpaired) electrons. The van der Waals surface area contributed by atoms with E-state index in [-0.39, 0.29) is 24.2 Å². The summed E-state index contributed by atoms with van der Waals surface area (Å²) in [5.74, 6) is -0.401. The monoisotopic (exact) mass is 356 g/mol. The van der Waals surface area contributed by atoms with Crippen LogP contribution in [0.3, 0.4) is 0 Å². The van der Waals surface area contributed by atoms with Gasteiger partial charge in [-0.1, -0.05) is 48.0 Å². The Bertz CT molecular complexity index is 777. The summed E-state index contributed by atoms with van der Waals surface area (Å²) in [6, 6.07) is 15.5. The van der Waals surface area contributed by atoms with Crippen LogP contribution in [0.25, 0.3) is 0 Å². The predicted molar refractivity (Wildman–Crippen MR) is 99.7 cm³/mol. The molecule has 3 rings (SSSR count). The maximum atomic E-state index is 12.5. The summed E-state index contributed by atoms with van der Waals surface area (Å²) in [7, 11) is 0. The normalized spacial score (nSPS) is 17.0. The molecule has 0 aromatic heterocycles. The molecule has 2 amide bonds. The summed E-state index contributed by atoms with van der Waals surface area (Å²) >= 11 is 6.09. The first-order valence-electron chi connectivity index (χ1n) is 8.42. The van der Waals surface area contributed by atoms with E-state index < -0.39 is 0 Å². The van der Waals surface area contributed by atoms with Crippen LogP contribution in [0, 0.1) is 12.8 Å². The Kier molecular flexibility index (Phi) is 5.39. The van der Waals surface area contributed by atoms with E-state index in [4.69, 9.17) is 11.6 Å². The van der Waals surface area contributed by atoms with Crippen molar-refractivity contribution >= 4 is 29.1 Å². The van der Waals surface area contributed by atoms with Gasteiger partial charge in [-0.15, -0.1) is 0 Å². The zero-order valence-corrected chi connectivity index (χ0v) is 14.9. The van der Waals surface area contributed by atoms with Crippen LogP contribution >= 0.6 is 11.6 Å². The van der Waals surface area contributed by atoms with E-state index in [0.29, 0.717) is 23.8 Å². The average Bonchev–Trinajstić information content (AvgIpc) is 2.99. The topological polar surface area (TPSA) is 49.4 Å². The van der Waals surface area contributed by atoms with Gasteiger partial charge in [0.2, 0.25) is 11.8 Å². The van der Waals surface area contributed by atoms with Crippen LogP contribution < -0.4 is 5.32 Å². The van der Waals surface area contributed by atoms with Gasteiger partial charge in [0.05, 0.1) is 5.92 Å². The molecule has 2 aromatic carbocycles. The largest absolute Gasteiger partial charge is 0.342 e. The number of likely N-dealkylation sites (tertiary alicyclic amines) is 1. The van der Waals surface area contributed by atoms with E-state index in [0.717, 1.165) is 12.0 Å². The van der Waals surface area contributed by atoms with Gasteiger partial charge in [0.15, 0.2) is 0 Å². The maximum absolute atomic E-state index is 12.5. The highest BCUT2D eigenvalue weighted by molar-refractivity contribution is 6.31. The minimum atomic E-state index is -0.318. The van der Waals surface area contributed by atoms with Gasteiger partial charge in [-0.3, -0.25) is 9.59 Å². The molecule has 1 aliphatic rings. The first-order valence-corrected chi connectivity index (χ1v) is 8.80. The molecule has 0 spiro atoms. The lowest BCUT2D eigenvalue weighted by Crippen LogP contribution is -2.30. The van der Waals surface area contributed by atoms with Crippen LogP contribution in [0.5, 0.6) is 0 Å². The number of amides is 2. The van der Waals surface area contributed by atoms with Crippen molar-refractivity contribution in [1.82, 2.24) is 4.90 Å². The second kappa shape index (κ2) is 7.70. The standard InChI is InChI=1S/C20H21ClN2O2/c1-14-17(21)8-5-9-18(14)22-20(25)16-12-19(24)23(13-16)11-10-15-6-3-2-4-7-15/h2-9,16H,10-13H2,1H3,(H,22,25)/t16-/m1/s1. The molecule has 1 atom stereocenters. The minimum Gasteiger partial charge on any atom is -0.342 e. The van der Waals surface area contributed by atoms with E-state index in [2.05, 4.69) is 5.32 Å². The van der Waals surface area contributed by atoms with Gasteiger partial charge in [-0.05, 0) is 36.6 Å². The van der Waals surface area contributed by atoms with Gasteiger partial charge >= 0.3 is 0 Å². The summed E-state index contributed by atoms with van der Waals surface area (Å²) in [5.41, 5.74) is 2.73. The quantitative estimate of drug-likeness (QED) is 0.888. The van der Waals surface area contributed by atoms with E-state index >= 15 is 0 Å². The van der Waals surface area contributed by atoms with Crippen LogP contribution in [0.15, 0.2) is 48.5 Å². The molecule has 0 unspecified atom stereocenters. The van der Waals surface area contributed by atoms with Crippen molar-refractivity contribution in [2.75, 3.05) is 18.4 Å². The van der Waals surface area contributed by atoms with Crippen molar-refractivity contribution in [2.45, 2.75) is 19.8 Å². The molecular weight excluding hydrogens is 336 g/mol. The molecule has 5 heteroatoms. The number of hydrogen-bond acceptors (Lipinski definition) is 2. The molecule has 4 nitrogen and oxygen atoms in total. The number of halogens is 1. The first kappa shape index (κ1) is 17.5. The second-order valence-electron chi connectivity index (χ2n) is 6.38. The number of rotatable bonds is 5. The number of carbonyl (C=O) groups is 2. The Balaban J connectivity index is 1.58. The molecule has 1 N–H and O–H groups in total. The van der Waals surface area contributed by atoms with Gasteiger partial charge < -0.3 is 10.2 Å². The Morgan fingerprint density at radius 1 is 1.20 bits per heavy atom. The molecule has 130 valence electrons. The molecule has 1 fully saturated rings. The highest BCUT2D eigenvalue weighted by Crippen LogP contribution is 2.25. The zero-order chi connectivity index (χ0) is 17.8. The summed E-state index contributed by atoms with van der Waals surface area (Å²) in [5, 5.41) is 3.52. The molecule has 1 aliphatic heterocycles. The lowest BCUT2D eigenvalue weighted by Gasteiger charge is -2.17. The first-order chi connectivity index (χ1) is 12.0. The summed E-state index contributed by atoms with van der Waals surface area (Å²) in [6.07, 6.45) is 1.06. The number of benzene rings is 2. The van der Waals surface area contributed by atoms with Gasteiger partial charge in [0, 0.05) is 30.2 Å². The summed E-state index contributed by atoms with van der Waals surface area (Å²) in [6.45, 7) is 2.98. The number of anilines is 1. The Labute approximate surface area is 152 Å². The van der Waals surface area contributed by atoms with Crippen LogP contribution in [0.2, 0.25) is 5.02 Å². The SMILES string of the molecule is Cc1c(Cl)cccc1NC(=O)[C@@H]1CC(=O)N(CCc2ccccc2)C1. The molecule has 0 aliphatic carbocycles. The smallest absolute Gasteiger partial charge is 0.229 e. The Morgan fingerprint density at radius 2 is 1.96 bits per heavy atom. The van der Waals surface area contributed by atoms with Gasteiger partial charge in [0.25, 0.3) is 0 Å². The number of hydrogen-bond donors (Lipinski definition) is 1. The van der Waals surface area contributed by atoms with Crippen molar-refractivity contribution in [3.05, 3.63) is 64.7 Å². The zero-order valence-electron chi connectivity index (χ0n) is 14.2. The Hall–Kier alpha value is -2.33. The molecule has 25 heavy (non-hydrogen) atoms. The minimum absolute atomic E-state index is 0.0406. The predicted octanol–water partition coefficient (Wildman–Crippen LogP) is 3.68. The maximum Gasteiger partial charge on any atom is 0.229 e. The second-order valence-corrected chi connectivity index (χ2v) is 6.79. The number of carbonyl (C=O) groups excluding carboxylic acids is 2. The third kappa shape index (κ3) is 4.20. The fourth-order valence-electron chi connectivity index (χ4n) is 3.05. The van der Waals surface area contributed by atoms with Crippen molar-refractivity contribution in [3.63, 3.8) is 0 Å². The lowest BCUT2D eigenvalue weighted by atomic mass is 10.1. The molecular formula is C20H21ClN2O2. The average molecular weight is 357 g/mol. The fraction of sp³-hybridized carbons (Fsp3) is 0.300. The molecule has 0 saturated carbocycles. The van der Waals surface area contributed by atoms with Crippen LogP contribution in [-0.2, 0) is 16.0 Å². The lowest BCUT2D eigenvalue weighted by molar-refractivity contribution is -0.128. The molecule has 0 bridgehead atoms. The highest BCUT2D eigenvalue weighted by atomic mass is 35.5.